The minimum absolute atomic E-state index is 0.0466. The van der Waals surface area contributed by atoms with Gasteiger partial charge in [-0.3, -0.25) is 14.5 Å². The Labute approximate surface area is 240 Å². The fourth-order valence-electron chi connectivity index (χ4n) is 4.89. The van der Waals surface area contributed by atoms with Crippen molar-refractivity contribution in [1.29, 1.82) is 0 Å². The normalized spacial score (nSPS) is 12.6. The summed E-state index contributed by atoms with van der Waals surface area (Å²) in [5.41, 5.74) is 2.95. The Morgan fingerprint density at radius 2 is 1.79 bits per heavy atom. The quantitative estimate of drug-likeness (QED) is 0.275. The van der Waals surface area contributed by atoms with Crippen LogP contribution in [0.15, 0.2) is 91.0 Å². The van der Waals surface area contributed by atoms with E-state index < -0.39 is 17.9 Å². The lowest BCUT2D eigenvalue weighted by molar-refractivity contribution is -0.127. The molecule has 42 heavy (non-hydrogen) atoms. The third-order valence-corrected chi connectivity index (χ3v) is 6.94. The summed E-state index contributed by atoms with van der Waals surface area (Å²) in [4.78, 5) is 29.7. The Morgan fingerprint density at radius 1 is 1.00 bits per heavy atom. The number of hydrogen-bond acceptors (Lipinski definition) is 8. The summed E-state index contributed by atoms with van der Waals surface area (Å²) in [6.45, 7) is 0.0692. The predicted octanol–water partition coefficient (Wildman–Crippen LogP) is 3.97. The fourth-order valence-corrected chi connectivity index (χ4v) is 4.89. The van der Waals surface area contributed by atoms with Gasteiger partial charge in [0.2, 0.25) is 18.6 Å². The van der Waals surface area contributed by atoms with Crippen LogP contribution in [0.25, 0.3) is 11.0 Å². The second-order valence-electron chi connectivity index (χ2n) is 9.57. The SMILES string of the molecule is COc1ccc(C(C(=O)NCc2ccccc2)N(C(=O)Cn2nnc3ccccc32)c2ccc3c(c2)OCO3)cc1O. The van der Waals surface area contributed by atoms with Gasteiger partial charge in [-0.2, -0.15) is 0 Å². The molecule has 0 saturated heterocycles. The molecule has 0 saturated carbocycles. The van der Waals surface area contributed by atoms with Crippen molar-refractivity contribution in [3.05, 3.63) is 102 Å². The summed E-state index contributed by atoms with van der Waals surface area (Å²) in [7, 11) is 1.43. The third-order valence-electron chi connectivity index (χ3n) is 6.94. The molecule has 1 aromatic heterocycles. The van der Waals surface area contributed by atoms with Crippen molar-refractivity contribution in [2.75, 3.05) is 18.8 Å². The number of amides is 2. The van der Waals surface area contributed by atoms with Gasteiger partial charge >= 0.3 is 0 Å². The zero-order chi connectivity index (χ0) is 29.1. The Hall–Kier alpha value is -5.58. The maximum Gasteiger partial charge on any atom is 0.249 e. The van der Waals surface area contributed by atoms with E-state index >= 15 is 0 Å². The van der Waals surface area contributed by atoms with Crippen LogP contribution in [0.3, 0.4) is 0 Å². The topological polar surface area (TPSA) is 128 Å². The summed E-state index contributed by atoms with van der Waals surface area (Å²) >= 11 is 0. The summed E-state index contributed by atoms with van der Waals surface area (Å²) in [5, 5.41) is 21.9. The first kappa shape index (κ1) is 26.6. The molecule has 1 unspecified atom stereocenters. The number of phenolic OH excluding ortho intramolecular Hbond substituents is 1. The van der Waals surface area contributed by atoms with Gasteiger partial charge in [-0.15, -0.1) is 5.10 Å². The molecular weight excluding hydrogens is 538 g/mol. The second-order valence-corrected chi connectivity index (χ2v) is 9.57. The van der Waals surface area contributed by atoms with Gasteiger partial charge in [0.05, 0.1) is 12.6 Å². The molecule has 0 bridgehead atoms. The van der Waals surface area contributed by atoms with E-state index in [1.165, 1.54) is 22.8 Å². The number of nitrogens with one attached hydrogen (secondary N) is 1. The number of ether oxygens (including phenoxy) is 3. The van der Waals surface area contributed by atoms with Gasteiger partial charge in [0, 0.05) is 18.3 Å². The smallest absolute Gasteiger partial charge is 0.249 e. The fraction of sp³-hybridized carbons (Fsp3) is 0.161. The molecule has 5 aromatic rings. The largest absolute Gasteiger partial charge is 0.504 e. The third kappa shape index (κ3) is 5.27. The molecule has 0 spiro atoms. The summed E-state index contributed by atoms with van der Waals surface area (Å²) in [6.07, 6.45) is 0. The van der Waals surface area contributed by atoms with Crippen LogP contribution in [0.5, 0.6) is 23.0 Å². The van der Waals surface area contributed by atoms with E-state index in [1.54, 1.807) is 36.4 Å². The minimum atomic E-state index is -1.19. The van der Waals surface area contributed by atoms with Gasteiger partial charge in [0.1, 0.15) is 18.1 Å². The second kappa shape index (κ2) is 11.5. The number of rotatable bonds is 9. The van der Waals surface area contributed by atoms with Crippen molar-refractivity contribution in [2.45, 2.75) is 19.1 Å². The van der Waals surface area contributed by atoms with E-state index in [2.05, 4.69) is 15.6 Å². The molecule has 6 rings (SSSR count). The maximum absolute atomic E-state index is 14.3. The highest BCUT2D eigenvalue weighted by atomic mass is 16.7. The average molecular weight is 566 g/mol. The number of para-hydroxylation sites is 1. The molecule has 1 aliphatic rings. The molecule has 4 aromatic carbocycles. The first-order valence-electron chi connectivity index (χ1n) is 13.2. The molecule has 11 nitrogen and oxygen atoms in total. The highest BCUT2D eigenvalue weighted by molar-refractivity contribution is 6.02. The number of methoxy groups -OCH3 is 1. The van der Waals surface area contributed by atoms with Crippen LogP contribution in [-0.4, -0.2) is 45.8 Å². The lowest BCUT2D eigenvalue weighted by Gasteiger charge is -2.32. The van der Waals surface area contributed by atoms with E-state index in [1.807, 2.05) is 48.5 Å². The standard InChI is InChI=1S/C31H27N5O6/c1-40-26-13-11-21(15-25(26)37)30(31(39)32-17-20-7-3-2-4-8-20)36(22-12-14-27-28(16-22)42-19-41-27)29(38)18-35-24-10-6-5-9-23(24)33-34-35/h2-16,30,37H,17-19H2,1H3,(H,32,39). The van der Waals surface area contributed by atoms with E-state index in [0.717, 1.165) is 5.56 Å². The number of aromatic nitrogens is 3. The number of fused-ring (bicyclic) bond motifs is 2. The van der Waals surface area contributed by atoms with Crippen molar-refractivity contribution in [1.82, 2.24) is 20.3 Å². The van der Waals surface area contributed by atoms with Crippen LogP contribution in [0.2, 0.25) is 0 Å². The number of anilines is 1. The summed E-state index contributed by atoms with van der Waals surface area (Å²) < 4.78 is 17.8. The number of aromatic hydroxyl groups is 1. The van der Waals surface area contributed by atoms with Crippen molar-refractivity contribution in [3.8, 4) is 23.0 Å². The van der Waals surface area contributed by atoms with E-state index in [9.17, 15) is 14.7 Å². The molecule has 212 valence electrons. The van der Waals surface area contributed by atoms with Crippen molar-refractivity contribution in [2.24, 2.45) is 0 Å². The van der Waals surface area contributed by atoms with Gasteiger partial charge < -0.3 is 24.6 Å². The van der Waals surface area contributed by atoms with Crippen molar-refractivity contribution < 1.29 is 28.9 Å². The van der Waals surface area contributed by atoms with Gasteiger partial charge in [-0.25, -0.2) is 4.68 Å². The molecule has 1 aliphatic heterocycles. The van der Waals surface area contributed by atoms with Crippen LogP contribution < -0.4 is 24.4 Å². The van der Waals surface area contributed by atoms with Gasteiger partial charge in [-0.1, -0.05) is 53.7 Å². The Morgan fingerprint density at radius 3 is 2.60 bits per heavy atom. The highest BCUT2D eigenvalue weighted by Gasteiger charge is 2.35. The molecule has 0 aliphatic carbocycles. The van der Waals surface area contributed by atoms with Crippen LogP contribution in [0, 0.1) is 0 Å². The molecule has 2 amide bonds. The first-order valence-corrected chi connectivity index (χ1v) is 13.2. The molecule has 0 radical (unpaired) electrons. The monoisotopic (exact) mass is 565 g/mol. The number of benzene rings is 4. The molecule has 0 fully saturated rings. The highest BCUT2D eigenvalue weighted by Crippen LogP contribution is 2.39. The minimum Gasteiger partial charge on any atom is -0.504 e. The van der Waals surface area contributed by atoms with Crippen molar-refractivity contribution >= 4 is 28.5 Å². The maximum atomic E-state index is 14.3. The zero-order valence-electron chi connectivity index (χ0n) is 22.6. The summed E-state index contributed by atoms with van der Waals surface area (Å²) in [6, 6.07) is 25.2. The van der Waals surface area contributed by atoms with Crippen LogP contribution in [0.4, 0.5) is 5.69 Å². The lowest BCUT2D eigenvalue weighted by Crippen LogP contribution is -2.45. The molecule has 2 heterocycles. The van der Waals surface area contributed by atoms with E-state index in [0.29, 0.717) is 33.8 Å². The molecular formula is C31H27N5O6. The summed E-state index contributed by atoms with van der Waals surface area (Å²) in [5.74, 6) is 0.129. The number of phenols is 1. The van der Waals surface area contributed by atoms with Crippen LogP contribution in [0.1, 0.15) is 17.2 Å². The van der Waals surface area contributed by atoms with Crippen LogP contribution >= 0.6 is 0 Å². The Bertz CT molecular complexity index is 1760. The number of carbonyl (C=O) groups excluding carboxylic acids is 2. The molecule has 11 heteroatoms. The number of nitrogens with zero attached hydrogens (tertiary/aromatic N) is 4. The zero-order valence-corrected chi connectivity index (χ0v) is 22.6. The van der Waals surface area contributed by atoms with Crippen LogP contribution in [-0.2, 0) is 22.7 Å². The number of carbonyl (C=O) groups is 2. The van der Waals surface area contributed by atoms with E-state index in [4.69, 9.17) is 14.2 Å². The number of hydrogen-bond donors (Lipinski definition) is 2. The first-order chi connectivity index (χ1) is 20.5. The van der Waals surface area contributed by atoms with Gasteiger partial charge in [0.15, 0.2) is 23.0 Å². The van der Waals surface area contributed by atoms with Gasteiger partial charge in [-0.05, 0) is 47.5 Å². The Balaban J connectivity index is 1.44. The average Bonchev–Trinajstić information content (AvgIpc) is 3.66. The molecule has 2 N–H and O–H groups in total. The van der Waals surface area contributed by atoms with Crippen molar-refractivity contribution in [3.63, 3.8) is 0 Å². The van der Waals surface area contributed by atoms with Gasteiger partial charge in [0.25, 0.3) is 0 Å². The van der Waals surface area contributed by atoms with E-state index in [-0.39, 0.29) is 31.4 Å². The molecule has 1 atom stereocenters. The predicted molar refractivity (Wildman–Crippen MR) is 153 cm³/mol. The Kier molecular flexibility index (Phi) is 7.29. The lowest BCUT2D eigenvalue weighted by atomic mass is 10.0.